The van der Waals surface area contributed by atoms with Gasteiger partial charge in [-0.3, -0.25) is 5.43 Å². The SMILES string of the molecule is FC(F)(F)Oc1ccc(-n2cnc(-c3ccc(C=NNC(=S)Nc4ccccc4C4CCCC4)cc3)n2)cc1. The maximum atomic E-state index is 12.4. The zero-order valence-electron chi connectivity index (χ0n) is 20.7. The summed E-state index contributed by atoms with van der Waals surface area (Å²) in [5.41, 5.74) is 7.35. The van der Waals surface area contributed by atoms with E-state index in [1.54, 1.807) is 6.21 Å². The number of ether oxygens (including phenoxy) is 1. The molecule has 1 aliphatic carbocycles. The topological polar surface area (TPSA) is 76.4 Å². The summed E-state index contributed by atoms with van der Waals surface area (Å²) < 4.78 is 42.5. The van der Waals surface area contributed by atoms with E-state index in [4.69, 9.17) is 12.2 Å². The molecule has 0 bridgehead atoms. The number of hydrogen-bond donors (Lipinski definition) is 2. The first-order chi connectivity index (χ1) is 18.8. The molecule has 0 radical (unpaired) electrons. The van der Waals surface area contributed by atoms with Crippen LogP contribution >= 0.6 is 12.2 Å². The maximum absolute atomic E-state index is 12.4. The van der Waals surface area contributed by atoms with Crippen LogP contribution in [0.15, 0.2) is 84.2 Å². The van der Waals surface area contributed by atoms with Crippen LogP contribution in [0, 0.1) is 0 Å². The van der Waals surface area contributed by atoms with Crippen LogP contribution in [0.3, 0.4) is 0 Å². The van der Waals surface area contributed by atoms with E-state index in [9.17, 15) is 13.2 Å². The molecule has 1 heterocycles. The van der Waals surface area contributed by atoms with E-state index >= 15 is 0 Å². The second-order valence-corrected chi connectivity index (χ2v) is 9.48. The summed E-state index contributed by atoms with van der Waals surface area (Å²) in [5.74, 6) is 0.736. The highest BCUT2D eigenvalue weighted by Gasteiger charge is 2.31. The molecule has 0 unspecified atom stereocenters. The van der Waals surface area contributed by atoms with Crippen molar-refractivity contribution in [2.45, 2.75) is 38.0 Å². The molecule has 0 spiro atoms. The van der Waals surface area contributed by atoms with Crippen LogP contribution in [0.2, 0.25) is 0 Å². The van der Waals surface area contributed by atoms with Crippen LogP contribution in [0.25, 0.3) is 17.1 Å². The third kappa shape index (κ3) is 6.99. The van der Waals surface area contributed by atoms with E-state index in [1.807, 2.05) is 36.4 Å². The summed E-state index contributed by atoms with van der Waals surface area (Å²) in [5, 5.41) is 12.3. The number of hydrogen-bond acceptors (Lipinski definition) is 5. The Balaban J connectivity index is 1.17. The Kier molecular flexibility index (Phi) is 7.87. The van der Waals surface area contributed by atoms with E-state index < -0.39 is 6.36 Å². The summed E-state index contributed by atoms with van der Waals surface area (Å²) in [7, 11) is 0. The number of alkyl halides is 3. The fraction of sp³-hybridized carbons (Fsp3) is 0.214. The molecule has 0 saturated heterocycles. The number of rotatable bonds is 7. The number of nitrogens with zero attached hydrogens (tertiary/aromatic N) is 4. The minimum Gasteiger partial charge on any atom is -0.406 e. The van der Waals surface area contributed by atoms with Crippen LogP contribution in [-0.2, 0) is 0 Å². The van der Waals surface area contributed by atoms with Crippen LogP contribution in [-0.4, -0.2) is 32.5 Å². The summed E-state index contributed by atoms with van der Waals surface area (Å²) in [6.07, 6.45) is 3.36. The van der Waals surface area contributed by atoms with Gasteiger partial charge in [0.1, 0.15) is 12.1 Å². The molecule has 11 heteroatoms. The molecule has 2 N–H and O–H groups in total. The second kappa shape index (κ2) is 11.6. The average Bonchev–Trinajstić information content (AvgIpc) is 3.62. The minimum absolute atomic E-state index is 0.302. The summed E-state index contributed by atoms with van der Waals surface area (Å²) in [6, 6.07) is 21.1. The van der Waals surface area contributed by atoms with Gasteiger partial charge >= 0.3 is 6.36 Å². The first-order valence-electron chi connectivity index (χ1n) is 12.4. The molecule has 4 aromatic rings. The van der Waals surface area contributed by atoms with Crippen molar-refractivity contribution in [3.05, 3.63) is 90.3 Å². The fourth-order valence-electron chi connectivity index (χ4n) is 4.56. The van der Waals surface area contributed by atoms with E-state index in [1.165, 1.54) is 66.5 Å². The molecule has 3 aromatic carbocycles. The molecule has 0 aliphatic heterocycles. The Morgan fingerprint density at radius 3 is 2.44 bits per heavy atom. The first-order valence-corrected chi connectivity index (χ1v) is 12.8. The van der Waals surface area contributed by atoms with Crippen molar-refractivity contribution in [3.8, 4) is 22.8 Å². The van der Waals surface area contributed by atoms with E-state index in [2.05, 4.69) is 42.8 Å². The van der Waals surface area contributed by atoms with Gasteiger partial charge in [0.15, 0.2) is 10.9 Å². The highest BCUT2D eigenvalue weighted by atomic mass is 32.1. The number of aromatic nitrogens is 3. The fourth-order valence-corrected chi connectivity index (χ4v) is 4.72. The quantitative estimate of drug-likeness (QED) is 0.150. The Bertz CT molecular complexity index is 1450. The number of nitrogens with one attached hydrogen (secondary N) is 2. The van der Waals surface area contributed by atoms with Gasteiger partial charge in [-0.05, 0) is 72.4 Å². The normalized spacial score (nSPS) is 14.0. The van der Waals surface area contributed by atoms with Crippen molar-refractivity contribution < 1.29 is 17.9 Å². The largest absolute Gasteiger partial charge is 0.573 e. The zero-order valence-corrected chi connectivity index (χ0v) is 21.5. The van der Waals surface area contributed by atoms with Gasteiger partial charge < -0.3 is 10.1 Å². The zero-order chi connectivity index (χ0) is 27.2. The number of hydrazone groups is 1. The van der Waals surface area contributed by atoms with Crippen LogP contribution < -0.4 is 15.5 Å². The van der Waals surface area contributed by atoms with Gasteiger partial charge in [-0.1, -0.05) is 55.3 Å². The second-order valence-electron chi connectivity index (χ2n) is 9.07. The monoisotopic (exact) mass is 550 g/mol. The number of halogens is 3. The molecule has 1 aliphatic rings. The van der Waals surface area contributed by atoms with Crippen molar-refractivity contribution in [2.75, 3.05) is 5.32 Å². The molecule has 1 fully saturated rings. The first kappa shape index (κ1) is 26.4. The summed E-state index contributed by atoms with van der Waals surface area (Å²) in [6.45, 7) is 0. The minimum atomic E-state index is -4.74. The number of thiocarbonyl (C=S) groups is 1. The lowest BCUT2D eigenvalue weighted by molar-refractivity contribution is -0.274. The lowest BCUT2D eigenvalue weighted by Gasteiger charge is -2.16. The molecule has 7 nitrogen and oxygen atoms in total. The standard InChI is InChI=1S/C28H25F3N6OS/c29-28(30,31)38-23-15-13-22(14-16-23)37-18-32-26(36-37)21-11-9-19(10-12-21)17-33-35-27(39)34-25-8-4-3-7-24(25)20-5-1-2-6-20/h3-4,7-18,20H,1-2,5-6H2,(H2,34,35,39). The predicted molar refractivity (Wildman–Crippen MR) is 148 cm³/mol. The van der Waals surface area contributed by atoms with Crippen molar-refractivity contribution in [3.63, 3.8) is 0 Å². The van der Waals surface area contributed by atoms with Crippen LogP contribution in [0.1, 0.15) is 42.7 Å². The third-order valence-corrected chi connectivity index (χ3v) is 6.57. The molecule has 0 atom stereocenters. The van der Waals surface area contributed by atoms with E-state index in [-0.39, 0.29) is 5.75 Å². The molecule has 1 aromatic heterocycles. The highest BCUT2D eigenvalue weighted by molar-refractivity contribution is 7.80. The Morgan fingerprint density at radius 2 is 1.72 bits per heavy atom. The Morgan fingerprint density at radius 1 is 1.00 bits per heavy atom. The molecule has 0 amide bonds. The average molecular weight is 551 g/mol. The van der Waals surface area contributed by atoms with Crippen molar-refractivity contribution in [1.82, 2.24) is 20.2 Å². The van der Waals surface area contributed by atoms with Gasteiger partial charge in [0, 0.05) is 11.3 Å². The molecular weight excluding hydrogens is 525 g/mol. The van der Waals surface area contributed by atoms with Crippen molar-refractivity contribution in [1.29, 1.82) is 0 Å². The Hall–Kier alpha value is -4.25. The smallest absolute Gasteiger partial charge is 0.406 e. The van der Waals surface area contributed by atoms with Crippen molar-refractivity contribution >= 4 is 29.2 Å². The third-order valence-electron chi connectivity index (χ3n) is 6.38. The number of para-hydroxylation sites is 1. The van der Waals surface area contributed by atoms with Gasteiger partial charge in [0.25, 0.3) is 0 Å². The van der Waals surface area contributed by atoms with E-state index in [0.29, 0.717) is 22.5 Å². The van der Waals surface area contributed by atoms with Crippen LogP contribution in [0.5, 0.6) is 5.75 Å². The van der Waals surface area contributed by atoms with Crippen molar-refractivity contribution in [2.24, 2.45) is 5.10 Å². The van der Waals surface area contributed by atoms with Gasteiger partial charge in [0.2, 0.25) is 0 Å². The van der Waals surface area contributed by atoms with Gasteiger partial charge in [-0.15, -0.1) is 18.3 Å². The summed E-state index contributed by atoms with van der Waals surface area (Å²) in [4.78, 5) is 4.30. The molecule has 200 valence electrons. The lowest BCUT2D eigenvalue weighted by Crippen LogP contribution is -2.24. The lowest BCUT2D eigenvalue weighted by atomic mass is 9.96. The number of benzene rings is 3. The predicted octanol–water partition coefficient (Wildman–Crippen LogP) is 6.81. The van der Waals surface area contributed by atoms with Gasteiger partial charge in [0.05, 0.1) is 11.9 Å². The number of anilines is 1. The summed E-state index contributed by atoms with van der Waals surface area (Å²) >= 11 is 5.43. The molecular formula is C28H25F3N6OS. The van der Waals surface area contributed by atoms with E-state index in [0.717, 1.165) is 16.8 Å². The van der Waals surface area contributed by atoms with Gasteiger partial charge in [-0.25, -0.2) is 9.67 Å². The molecule has 1 saturated carbocycles. The van der Waals surface area contributed by atoms with Crippen LogP contribution in [0.4, 0.5) is 18.9 Å². The maximum Gasteiger partial charge on any atom is 0.573 e. The highest BCUT2D eigenvalue weighted by Crippen LogP contribution is 2.37. The molecule has 39 heavy (non-hydrogen) atoms. The van der Waals surface area contributed by atoms with Gasteiger partial charge in [-0.2, -0.15) is 5.10 Å². The Labute approximate surface area is 228 Å². The molecule has 5 rings (SSSR count).